The molecule has 0 spiro atoms. The third-order valence-corrected chi connectivity index (χ3v) is 3.99. The summed E-state index contributed by atoms with van der Waals surface area (Å²) in [6.07, 6.45) is 7.15. The molecule has 0 saturated carbocycles. The highest BCUT2D eigenvalue weighted by Gasteiger charge is 2.41. The summed E-state index contributed by atoms with van der Waals surface area (Å²) < 4.78 is 27.7. The Kier molecular flexibility index (Phi) is 3.56. The highest BCUT2D eigenvalue weighted by atomic mass is 19.2. The first kappa shape index (κ1) is 14.5. The van der Waals surface area contributed by atoms with Gasteiger partial charge in [-0.25, -0.2) is 8.78 Å². The van der Waals surface area contributed by atoms with Gasteiger partial charge in [0.1, 0.15) is 0 Å². The molecule has 1 aromatic carbocycles. The second-order valence-electron chi connectivity index (χ2n) is 5.36. The van der Waals surface area contributed by atoms with Crippen LogP contribution in [0, 0.1) is 11.6 Å². The van der Waals surface area contributed by atoms with Crippen LogP contribution in [0.25, 0.3) is 0 Å². The number of nitrogens with zero attached hydrogens (tertiary/aromatic N) is 1. The number of hydrogen-bond donors (Lipinski definition) is 1. The van der Waals surface area contributed by atoms with Gasteiger partial charge in [0, 0.05) is 16.8 Å². The fraction of sp³-hybridized carbons (Fsp3) is 0.235. The van der Waals surface area contributed by atoms with Gasteiger partial charge in [-0.05, 0) is 31.9 Å². The van der Waals surface area contributed by atoms with E-state index in [2.05, 4.69) is 0 Å². The highest BCUT2D eigenvalue weighted by molar-refractivity contribution is 5.97. The van der Waals surface area contributed by atoms with Crippen molar-refractivity contribution in [3.8, 4) is 0 Å². The van der Waals surface area contributed by atoms with E-state index < -0.39 is 29.3 Å². The number of hydrogen-bond acceptors (Lipinski definition) is 2. The number of carbonyl (C=O) groups excluding carboxylic acids is 1. The Bertz CT molecular complexity index is 734. The molecular formula is C17H15F2NO2. The van der Waals surface area contributed by atoms with Crippen molar-refractivity contribution in [1.29, 1.82) is 0 Å². The van der Waals surface area contributed by atoms with Crippen LogP contribution in [0.5, 0.6) is 0 Å². The Balaban J connectivity index is 2.13. The monoisotopic (exact) mass is 303 g/mol. The maximum Gasteiger partial charge on any atom is 0.293 e. The third-order valence-electron chi connectivity index (χ3n) is 3.99. The lowest BCUT2D eigenvalue weighted by molar-refractivity contribution is -0.127. The molecule has 1 N–H and O–H groups in total. The van der Waals surface area contributed by atoms with E-state index in [4.69, 9.17) is 0 Å². The lowest BCUT2D eigenvalue weighted by Gasteiger charge is -2.28. The van der Waals surface area contributed by atoms with Crippen LogP contribution in [-0.2, 0) is 4.79 Å². The topological polar surface area (TPSA) is 40.5 Å². The molecule has 22 heavy (non-hydrogen) atoms. The molecule has 3 nitrogen and oxygen atoms in total. The molecule has 1 aliphatic heterocycles. The number of amides is 1. The summed E-state index contributed by atoms with van der Waals surface area (Å²) in [7, 11) is 0. The Morgan fingerprint density at radius 2 is 2.05 bits per heavy atom. The van der Waals surface area contributed by atoms with Gasteiger partial charge in [-0.15, -0.1) is 0 Å². The Morgan fingerprint density at radius 1 is 1.27 bits per heavy atom. The lowest BCUT2D eigenvalue weighted by Crippen LogP contribution is -2.30. The predicted octanol–water partition coefficient (Wildman–Crippen LogP) is 3.91. The summed E-state index contributed by atoms with van der Waals surface area (Å²) in [6.45, 7) is 1.55. The number of aliphatic hydroxyl groups excluding tert-OH is 1. The van der Waals surface area contributed by atoms with Crippen molar-refractivity contribution >= 4 is 5.91 Å². The molecule has 0 saturated heterocycles. The number of aliphatic hydroxyl groups is 1. The van der Waals surface area contributed by atoms with Crippen LogP contribution in [0.15, 0.2) is 53.5 Å². The fourth-order valence-corrected chi connectivity index (χ4v) is 2.87. The summed E-state index contributed by atoms with van der Waals surface area (Å²) in [5.41, 5.74) is 0.942. The second-order valence-corrected chi connectivity index (χ2v) is 5.36. The van der Waals surface area contributed by atoms with Gasteiger partial charge in [0.15, 0.2) is 17.4 Å². The van der Waals surface area contributed by atoms with E-state index in [1.54, 1.807) is 13.0 Å². The number of carbonyl (C=O) groups is 1. The first-order chi connectivity index (χ1) is 10.5. The van der Waals surface area contributed by atoms with E-state index in [1.807, 2.05) is 12.2 Å². The van der Waals surface area contributed by atoms with Crippen LogP contribution >= 0.6 is 0 Å². The van der Waals surface area contributed by atoms with Crippen molar-refractivity contribution in [2.75, 3.05) is 0 Å². The van der Waals surface area contributed by atoms with Gasteiger partial charge in [-0.2, -0.15) is 0 Å². The molecule has 1 amide bonds. The summed E-state index contributed by atoms with van der Waals surface area (Å²) in [6, 6.07) is 3.01. The lowest BCUT2D eigenvalue weighted by atomic mass is 9.98. The summed E-state index contributed by atoms with van der Waals surface area (Å²) in [4.78, 5) is 13.6. The van der Waals surface area contributed by atoms with E-state index in [1.165, 1.54) is 17.0 Å². The number of rotatable bonds is 2. The van der Waals surface area contributed by atoms with Crippen LogP contribution < -0.4 is 0 Å². The minimum Gasteiger partial charge on any atom is -0.503 e. The molecule has 0 radical (unpaired) electrons. The highest BCUT2D eigenvalue weighted by Crippen LogP contribution is 2.41. The summed E-state index contributed by atoms with van der Waals surface area (Å²) in [5.74, 6) is -2.98. The van der Waals surface area contributed by atoms with Crippen molar-refractivity contribution < 1.29 is 18.7 Å². The third kappa shape index (κ3) is 2.13. The smallest absolute Gasteiger partial charge is 0.293 e. The minimum atomic E-state index is -1.00. The van der Waals surface area contributed by atoms with Gasteiger partial charge < -0.3 is 5.11 Å². The van der Waals surface area contributed by atoms with Gasteiger partial charge >= 0.3 is 0 Å². The first-order valence-corrected chi connectivity index (χ1v) is 7.06. The first-order valence-electron chi connectivity index (χ1n) is 7.06. The van der Waals surface area contributed by atoms with Gasteiger partial charge in [0.05, 0.1) is 6.04 Å². The normalized spacial score (nSPS) is 21.6. The molecule has 114 valence electrons. The number of allylic oxidation sites excluding steroid dienone is 3. The molecule has 1 unspecified atom stereocenters. The van der Waals surface area contributed by atoms with Crippen molar-refractivity contribution in [3.05, 3.63) is 70.7 Å². The van der Waals surface area contributed by atoms with Crippen LogP contribution in [0.4, 0.5) is 8.78 Å². The van der Waals surface area contributed by atoms with E-state index in [0.29, 0.717) is 11.3 Å². The maximum absolute atomic E-state index is 14.2. The van der Waals surface area contributed by atoms with Crippen molar-refractivity contribution in [2.45, 2.75) is 25.8 Å². The minimum absolute atomic E-state index is 0.0368. The quantitative estimate of drug-likeness (QED) is 0.899. The molecule has 0 bridgehead atoms. The van der Waals surface area contributed by atoms with Crippen LogP contribution in [-0.4, -0.2) is 15.9 Å². The zero-order valence-corrected chi connectivity index (χ0v) is 12.0. The Hall–Kier alpha value is -2.43. The van der Waals surface area contributed by atoms with Gasteiger partial charge in [0.2, 0.25) is 0 Å². The van der Waals surface area contributed by atoms with Crippen LogP contribution in [0.2, 0.25) is 0 Å². The van der Waals surface area contributed by atoms with E-state index in [9.17, 15) is 18.7 Å². The predicted molar refractivity (Wildman–Crippen MR) is 77.7 cm³/mol. The molecule has 0 aromatic heterocycles. The van der Waals surface area contributed by atoms with Crippen molar-refractivity contribution in [1.82, 2.24) is 4.90 Å². The Morgan fingerprint density at radius 3 is 2.73 bits per heavy atom. The Labute approximate surface area is 126 Å². The van der Waals surface area contributed by atoms with Crippen LogP contribution in [0.3, 0.4) is 0 Å². The van der Waals surface area contributed by atoms with E-state index in [0.717, 1.165) is 18.9 Å². The zero-order chi connectivity index (χ0) is 15.9. The summed E-state index contributed by atoms with van der Waals surface area (Å²) in [5, 5.41) is 9.98. The molecule has 1 atom stereocenters. The molecule has 0 fully saturated rings. The molecular weight excluding hydrogens is 288 g/mol. The largest absolute Gasteiger partial charge is 0.503 e. The van der Waals surface area contributed by atoms with E-state index in [-0.39, 0.29) is 5.56 Å². The van der Waals surface area contributed by atoms with Gasteiger partial charge in [-0.1, -0.05) is 24.3 Å². The number of halogens is 2. The zero-order valence-electron chi connectivity index (χ0n) is 12.0. The standard InChI is InChI=1S/C17H15F2NO2/c1-10-15(12-8-5-9-13(18)14(12)19)20(17(22)16(10)21)11-6-3-2-4-7-11/h3,5-9,15,21H,2,4H2,1H3. The fourth-order valence-electron chi connectivity index (χ4n) is 2.87. The molecule has 1 aromatic rings. The van der Waals surface area contributed by atoms with E-state index >= 15 is 0 Å². The SMILES string of the molecule is CC1=C(O)C(=O)N(C2=CCCC=C2)C1c1cccc(F)c1F. The molecule has 1 heterocycles. The average molecular weight is 303 g/mol. The van der Waals surface area contributed by atoms with Crippen molar-refractivity contribution in [2.24, 2.45) is 0 Å². The van der Waals surface area contributed by atoms with Gasteiger partial charge in [0.25, 0.3) is 5.91 Å². The second kappa shape index (κ2) is 5.40. The molecule has 1 aliphatic carbocycles. The summed E-state index contributed by atoms with van der Waals surface area (Å²) >= 11 is 0. The average Bonchev–Trinajstić information content (AvgIpc) is 2.75. The van der Waals surface area contributed by atoms with Crippen LogP contribution in [0.1, 0.15) is 31.4 Å². The molecule has 2 aliphatic rings. The molecule has 3 rings (SSSR count). The number of benzene rings is 1. The maximum atomic E-state index is 14.2. The van der Waals surface area contributed by atoms with Gasteiger partial charge in [-0.3, -0.25) is 9.69 Å². The molecule has 5 heteroatoms. The van der Waals surface area contributed by atoms with Crippen molar-refractivity contribution in [3.63, 3.8) is 0 Å².